The molecule has 20 heavy (non-hydrogen) atoms. The van der Waals surface area contributed by atoms with Gasteiger partial charge in [-0.1, -0.05) is 36.9 Å². The van der Waals surface area contributed by atoms with Crippen LogP contribution >= 0.6 is 0 Å². The summed E-state index contributed by atoms with van der Waals surface area (Å²) >= 11 is 0. The molecule has 3 atom stereocenters. The Morgan fingerprint density at radius 2 is 1.90 bits per heavy atom. The van der Waals surface area contributed by atoms with Crippen molar-refractivity contribution in [3.8, 4) is 0 Å². The number of benzene rings is 1. The van der Waals surface area contributed by atoms with E-state index in [9.17, 15) is 4.79 Å². The molecule has 0 aromatic heterocycles. The van der Waals surface area contributed by atoms with E-state index in [1.807, 2.05) is 39.0 Å². The number of rotatable bonds is 4. The Labute approximate surface area is 121 Å². The summed E-state index contributed by atoms with van der Waals surface area (Å²) in [5.41, 5.74) is 1.78. The fourth-order valence-corrected chi connectivity index (χ4v) is 2.49. The van der Waals surface area contributed by atoms with Gasteiger partial charge in [0.25, 0.3) is 0 Å². The molecule has 3 heteroatoms. The van der Waals surface area contributed by atoms with Crippen LogP contribution in [0, 0.1) is 0 Å². The molecule has 0 spiro atoms. The topological polar surface area (TPSA) is 29.3 Å². The predicted molar refractivity (Wildman–Crippen MR) is 81.3 cm³/mol. The fraction of sp³-hybridized carbons (Fsp3) is 0.471. The zero-order chi connectivity index (χ0) is 14.9. The van der Waals surface area contributed by atoms with Gasteiger partial charge in [-0.2, -0.15) is 0 Å². The summed E-state index contributed by atoms with van der Waals surface area (Å²) in [6.45, 7) is 12.3. The van der Waals surface area contributed by atoms with Gasteiger partial charge in [0.15, 0.2) is 0 Å². The summed E-state index contributed by atoms with van der Waals surface area (Å²) in [6.07, 6.45) is 0. The second-order valence-electron chi connectivity index (χ2n) is 6.34. The first-order valence-electron chi connectivity index (χ1n) is 7.01. The van der Waals surface area contributed by atoms with Gasteiger partial charge in [0, 0.05) is 6.04 Å². The molecule has 0 bridgehead atoms. The standard InChI is InChI=1S/C17H23NO2/c1-12(14-9-7-6-8-10-14)16-13(2)18(16)11-15(19)20-17(3,4)5/h6-10,13,16H,1,11H2,2-5H3/t13-,16?,18?/m1/s1. The van der Waals surface area contributed by atoms with E-state index in [0.717, 1.165) is 11.1 Å². The number of carbonyl (C=O) groups excluding carboxylic acids is 1. The van der Waals surface area contributed by atoms with E-state index < -0.39 is 5.60 Å². The van der Waals surface area contributed by atoms with Crippen molar-refractivity contribution < 1.29 is 9.53 Å². The lowest BCUT2D eigenvalue weighted by Gasteiger charge is -2.19. The fourth-order valence-electron chi connectivity index (χ4n) is 2.49. The second-order valence-corrected chi connectivity index (χ2v) is 6.34. The van der Waals surface area contributed by atoms with Crippen LogP contribution < -0.4 is 0 Å². The van der Waals surface area contributed by atoms with Crippen molar-refractivity contribution in [2.45, 2.75) is 45.4 Å². The predicted octanol–water partition coefficient (Wildman–Crippen LogP) is 3.11. The van der Waals surface area contributed by atoms with E-state index in [4.69, 9.17) is 4.74 Å². The van der Waals surface area contributed by atoms with Crippen LogP contribution in [0.5, 0.6) is 0 Å². The van der Waals surface area contributed by atoms with Crippen molar-refractivity contribution in [1.29, 1.82) is 0 Å². The van der Waals surface area contributed by atoms with Crippen LogP contribution in [0.3, 0.4) is 0 Å². The Kier molecular flexibility index (Phi) is 4.00. The number of carbonyl (C=O) groups is 1. The lowest BCUT2D eigenvalue weighted by atomic mass is 10.0. The van der Waals surface area contributed by atoms with E-state index in [2.05, 4.69) is 30.5 Å². The maximum atomic E-state index is 11.9. The molecule has 2 unspecified atom stereocenters. The highest BCUT2D eigenvalue weighted by molar-refractivity contribution is 5.76. The van der Waals surface area contributed by atoms with Crippen molar-refractivity contribution in [2.24, 2.45) is 0 Å². The monoisotopic (exact) mass is 273 g/mol. The minimum Gasteiger partial charge on any atom is -0.459 e. The van der Waals surface area contributed by atoms with Crippen molar-refractivity contribution in [1.82, 2.24) is 4.90 Å². The van der Waals surface area contributed by atoms with Crippen LogP contribution in [0.15, 0.2) is 36.9 Å². The number of hydrogen-bond acceptors (Lipinski definition) is 3. The summed E-state index contributed by atoms with van der Waals surface area (Å²) < 4.78 is 5.36. The normalized spacial score (nSPS) is 25.1. The maximum absolute atomic E-state index is 11.9. The van der Waals surface area contributed by atoms with Crippen LogP contribution in [-0.4, -0.2) is 35.1 Å². The van der Waals surface area contributed by atoms with Gasteiger partial charge < -0.3 is 4.74 Å². The molecule has 1 fully saturated rings. The molecule has 108 valence electrons. The first kappa shape index (κ1) is 14.8. The van der Waals surface area contributed by atoms with Crippen LogP contribution in [0.4, 0.5) is 0 Å². The first-order valence-corrected chi connectivity index (χ1v) is 7.01. The number of esters is 1. The summed E-state index contributed by atoms with van der Waals surface area (Å²) in [4.78, 5) is 14.0. The van der Waals surface area contributed by atoms with Crippen LogP contribution in [0.25, 0.3) is 5.57 Å². The van der Waals surface area contributed by atoms with Crippen molar-refractivity contribution in [3.05, 3.63) is 42.5 Å². The van der Waals surface area contributed by atoms with Gasteiger partial charge >= 0.3 is 5.97 Å². The van der Waals surface area contributed by atoms with E-state index in [1.54, 1.807) is 0 Å². The Hall–Kier alpha value is -1.61. The number of nitrogens with zero attached hydrogens (tertiary/aromatic N) is 1. The number of hydrogen-bond donors (Lipinski definition) is 0. The average Bonchev–Trinajstić information content (AvgIpc) is 2.97. The van der Waals surface area contributed by atoms with Crippen molar-refractivity contribution in [2.75, 3.05) is 6.54 Å². The van der Waals surface area contributed by atoms with Crippen molar-refractivity contribution >= 4 is 11.5 Å². The molecule has 1 saturated heterocycles. The van der Waals surface area contributed by atoms with E-state index in [1.165, 1.54) is 0 Å². The lowest BCUT2D eigenvalue weighted by molar-refractivity contribution is -0.154. The molecule has 2 rings (SSSR count). The van der Waals surface area contributed by atoms with Gasteiger partial charge in [0.05, 0.1) is 12.6 Å². The van der Waals surface area contributed by atoms with Crippen LogP contribution in [0.2, 0.25) is 0 Å². The third kappa shape index (κ3) is 3.48. The summed E-state index contributed by atoms with van der Waals surface area (Å²) in [5.74, 6) is -0.173. The molecule has 0 saturated carbocycles. The van der Waals surface area contributed by atoms with Gasteiger partial charge in [-0.15, -0.1) is 0 Å². The Morgan fingerprint density at radius 3 is 2.45 bits per heavy atom. The quantitative estimate of drug-likeness (QED) is 0.623. The second kappa shape index (κ2) is 5.41. The molecule has 1 heterocycles. The summed E-state index contributed by atoms with van der Waals surface area (Å²) in [7, 11) is 0. The molecule has 0 aliphatic carbocycles. The van der Waals surface area contributed by atoms with Gasteiger partial charge in [-0.3, -0.25) is 9.69 Å². The molecule has 0 radical (unpaired) electrons. The molecule has 1 aromatic rings. The SMILES string of the molecule is C=C(c1ccccc1)C1[C@@H](C)N1CC(=O)OC(C)(C)C. The van der Waals surface area contributed by atoms with Gasteiger partial charge in [0.1, 0.15) is 5.60 Å². The molecule has 0 N–H and O–H groups in total. The molecule has 1 aromatic carbocycles. The first-order chi connectivity index (χ1) is 9.29. The lowest BCUT2D eigenvalue weighted by Crippen LogP contribution is -2.28. The highest BCUT2D eigenvalue weighted by Gasteiger charge is 2.47. The minimum absolute atomic E-state index is 0.173. The smallest absolute Gasteiger partial charge is 0.320 e. The Balaban J connectivity index is 1.94. The molecule has 1 aliphatic heterocycles. The van der Waals surface area contributed by atoms with Crippen molar-refractivity contribution in [3.63, 3.8) is 0 Å². The highest BCUT2D eigenvalue weighted by Crippen LogP contribution is 2.37. The highest BCUT2D eigenvalue weighted by atomic mass is 16.6. The number of ether oxygens (including phenoxy) is 1. The van der Waals surface area contributed by atoms with E-state index in [0.29, 0.717) is 12.6 Å². The van der Waals surface area contributed by atoms with E-state index >= 15 is 0 Å². The van der Waals surface area contributed by atoms with Gasteiger partial charge in [-0.25, -0.2) is 0 Å². The summed E-state index contributed by atoms with van der Waals surface area (Å²) in [5, 5.41) is 0. The average molecular weight is 273 g/mol. The Bertz CT molecular complexity index is 501. The molecular formula is C17H23NO2. The zero-order valence-corrected chi connectivity index (χ0v) is 12.7. The minimum atomic E-state index is -0.428. The van der Waals surface area contributed by atoms with Gasteiger partial charge in [0.2, 0.25) is 0 Å². The molecule has 0 amide bonds. The third-order valence-corrected chi connectivity index (χ3v) is 3.48. The largest absolute Gasteiger partial charge is 0.459 e. The summed E-state index contributed by atoms with van der Waals surface area (Å²) in [6, 6.07) is 10.7. The zero-order valence-electron chi connectivity index (χ0n) is 12.7. The maximum Gasteiger partial charge on any atom is 0.320 e. The Morgan fingerprint density at radius 1 is 1.30 bits per heavy atom. The third-order valence-electron chi connectivity index (χ3n) is 3.48. The van der Waals surface area contributed by atoms with Crippen LogP contribution in [-0.2, 0) is 9.53 Å². The van der Waals surface area contributed by atoms with Crippen LogP contribution in [0.1, 0.15) is 33.3 Å². The molecule has 3 nitrogen and oxygen atoms in total. The molecular weight excluding hydrogens is 250 g/mol. The molecule has 1 aliphatic rings. The van der Waals surface area contributed by atoms with Gasteiger partial charge in [-0.05, 0) is 38.8 Å². The van der Waals surface area contributed by atoms with E-state index in [-0.39, 0.29) is 12.0 Å².